The Morgan fingerprint density at radius 3 is 2.63 bits per heavy atom. The molecule has 5 heterocycles. The van der Waals surface area contributed by atoms with E-state index in [0.717, 1.165) is 55.6 Å². The minimum absolute atomic E-state index is 0.147. The molecular weight excluding hydrogens is 544 g/mol. The van der Waals surface area contributed by atoms with Crippen LogP contribution in [0.15, 0.2) is 47.8 Å². The fourth-order valence-corrected chi connectivity index (χ4v) is 5.36. The molecule has 13 heteroatoms. The molecule has 0 aromatic carbocycles. The van der Waals surface area contributed by atoms with Gasteiger partial charge in [0.25, 0.3) is 11.1 Å². The second kappa shape index (κ2) is 12.4. The number of aromatic nitrogens is 4. The summed E-state index contributed by atoms with van der Waals surface area (Å²) in [6.45, 7) is 2.89. The number of hydrogen-bond acceptors (Lipinski definition) is 11. The van der Waals surface area contributed by atoms with E-state index in [0.29, 0.717) is 40.3 Å². The van der Waals surface area contributed by atoms with Crippen molar-refractivity contribution in [3.8, 4) is 11.3 Å². The van der Waals surface area contributed by atoms with Crippen molar-refractivity contribution in [2.45, 2.75) is 19.4 Å². The lowest BCUT2D eigenvalue weighted by Crippen LogP contribution is -2.38. The van der Waals surface area contributed by atoms with Gasteiger partial charge in [-0.2, -0.15) is 0 Å². The fraction of sp³-hybridized carbons (Fsp3) is 0.321. The van der Waals surface area contributed by atoms with Crippen LogP contribution < -0.4 is 20.4 Å². The number of amides is 2. The van der Waals surface area contributed by atoms with Crippen LogP contribution in [-0.4, -0.2) is 75.9 Å². The molecule has 12 nitrogen and oxygen atoms in total. The maximum absolute atomic E-state index is 12.0. The lowest BCUT2D eigenvalue weighted by molar-refractivity contribution is -0.115. The quantitative estimate of drug-likeness (QED) is 0.322. The van der Waals surface area contributed by atoms with Crippen LogP contribution in [-0.2, 0) is 11.3 Å². The average Bonchev–Trinajstić information content (AvgIpc) is 3.29. The Bertz CT molecular complexity index is 1490. The number of thioether (sulfide) groups is 1. The topological polar surface area (TPSA) is 154 Å². The van der Waals surface area contributed by atoms with Crippen LogP contribution >= 0.6 is 11.8 Å². The number of piperidine rings is 1. The van der Waals surface area contributed by atoms with Crippen LogP contribution in [0, 0.1) is 5.92 Å². The molecule has 2 aliphatic heterocycles. The molecule has 0 saturated carbocycles. The molecule has 2 aliphatic rings. The second-order valence-corrected chi connectivity index (χ2v) is 11.1. The third kappa shape index (κ3) is 6.87. The van der Waals surface area contributed by atoms with Crippen molar-refractivity contribution >= 4 is 46.7 Å². The van der Waals surface area contributed by atoms with Gasteiger partial charge in [0.05, 0.1) is 21.9 Å². The number of rotatable bonds is 9. The number of aromatic carboxylic acids is 1. The number of pyridine rings is 2. The average molecular weight is 575 g/mol. The van der Waals surface area contributed by atoms with E-state index in [2.05, 4.69) is 35.5 Å². The van der Waals surface area contributed by atoms with Crippen LogP contribution in [0.1, 0.15) is 34.5 Å². The summed E-state index contributed by atoms with van der Waals surface area (Å²) in [5.74, 6) is 0.392. The summed E-state index contributed by atoms with van der Waals surface area (Å²) in [7, 11) is 3.79. The van der Waals surface area contributed by atoms with Gasteiger partial charge in [0.1, 0.15) is 5.82 Å². The number of carboxylic acids is 1. The van der Waals surface area contributed by atoms with Gasteiger partial charge >= 0.3 is 5.97 Å². The third-order valence-corrected chi connectivity index (χ3v) is 7.71. The van der Waals surface area contributed by atoms with E-state index >= 15 is 0 Å². The highest BCUT2D eigenvalue weighted by atomic mass is 32.2. The largest absolute Gasteiger partial charge is 0.478 e. The minimum Gasteiger partial charge on any atom is -0.478 e. The van der Waals surface area contributed by atoms with Crippen molar-refractivity contribution in [3.63, 3.8) is 0 Å². The van der Waals surface area contributed by atoms with E-state index in [4.69, 9.17) is 0 Å². The van der Waals surface area contributed by atoms with Gasteiger partial charge in [0, 0.05) is 57.9 Å². The Morgan fingerprint density at radius 2 is 1.98 bits per heavy atom. The van der Waals surface area contributed by atoms with Crippen LogP contribution in [0.3, 0.4) is 0 Å². The number of nitrogens with zero attached hydrogens (tertiary/aromatic N) is 6. The van der Waals surface area contributed by atoms with Crippen molar-refractivity contribution in [2.24, 2.45) is 5.92 Å². The monoisotopic (exact) mass is 574 g/mol. The molecule has 2 saturated heterocycles. The molecule has 5 rings (SSSR count). The maximum atomic E-state index is 12.0. The second-order valence-electron chi connectivity index (χ2n) is 10.0. The zero-order valence-corrected chi connectivity index (χ0v) is 23.5. The molecular formula is C28H30N8O4S. The van der Waals surface area contributed by atoms with Gasteiger partial charge in [-0.15, -0.1) is 0 Å². The molecule has 212 valence electrons. The highest BCUT2D eigenvalue weighted by molar-refractivity contribution is 8.18. The highest BCUT2D eigenvalue weighted by Crippen LogP contribution is 2.27. The molecule has 2 amide bonds. The lowest BCUT2D eigenvalue weighted by atomic mass is 9.97. The van der Waals surface area contributed by atoms with Crippen LogP contribution in [0.2, 0.25) is 0 Å². The predicted octanol–water partition coefficient (Wildman–Crippen LogP) is 3.03. The zero-order valence-electron chi connectivity index (χ0n) is 22.7. The summed E-state index contributed by atoms with van der Waals surface area (Å²) < 4.78 is 0. The summed E-state index contributed by atoms with van der Waals surface area (Å²) in [4.78, 5) is 57.3. The molecule has 0 unspecified atom stereocenters. The van der Waals surface area contributed by atoms with E-state index in [-0.39, 0.29) is 10.8 Å². The van der Waals surface area contributed by atoms with Crippen molar-refractivity contribution in [1.29, 1.82) is 0 Å². The van der Waals surface area contributed by atoms with E-state index in [9.17, 15) is 19.5 Å². The number of carbonyl (C=O) groups excluding carboxylic acids is 2. The van der Waals surface area contributed by atoms with Crippen molar-refractivity contribution in [1.82, 2.24) is 30.6 Å². The van der Waals surface area contributed by atoms with E-state index in [1.165, 1.54) is 0 Å². The van der Waals surface area contributed by atoms with Gasteiger partial charge in [0.15, 0.2) is 0 Å². The molecule has 3 aromatic rings. The van der Waals surface area contributed by atoms with Crippen molar-refractivity contribution in [2.75, 3.05) is 43.5 Å². The number of carboxylic acid groups (broad SMARTS) is 1. The van der Waals surface area contributed by atoms with Gasteiger partial charge in [-0.1, -0.05) is 0 Å². The number of carbonyl (C=O) groups is 3. The number of anilines is 2. The van der Waals surface area contributed by atoms with Crippen LogP contribution in [0.4, 0.5) is 16.6 Å². The first-order valence-corrected chi connectivity index (χ1v) is 14.0. The number of imide groups is 1. The van der Waals surface area contributed by atoms with Gasteiger partial charge in [-0.25, -0.2) is 19.7 Å². The van der Waals surface area contributed by atoms with Crippen LogP contribution in [0.25, 0.3) is 17.3 Å². The molecule has 3 aromatic heterocycles. The minimum atomic E-state index is -1.03. The maximum Gasteiger partial charge on any atom is 0.337 e. The first kappa shape index (κ1) is 28.2. The summed E-state index contributed by atoms with van der Waals surface area (Å²) in [5, 5.41) is 15.1. The predicted molar refractivity (Wildman–Crippen MR) is 157 cm³/mol. The van der Waals surface area contributed by atoms with Gasteiger partial charge in [-0.3, -0.25) is 19.9 Å². The highest BCUT2D eigenvalue weighted by Gasteiger charge is 2.26. The Balaban J connectivity index is 1.14. The first-order valence-electron chi connectivity index (χ1n) is 13.2. The standard InChI is InChI=1S/C28H30N8O4S/c1-35(2)23-4-3-19(16-31-23)24-21(26(38)39)11-18(15-32-24)14-29-13-17-6-9-36(10-7-17)27-30-8-5-20(33-27)12-22-25(37)34-28(40)41-22/h3-5,8,11-12,15-17,29H,6-7,9-10,13-14H2,1-2H3,(H,38,39)(H,34,37,40). The molecule has 0 radical (unpaired) electrons. The van der Waals surface area contributed by atoms with Crippen LogP contribution in [0.5, 0.6) is 0 Å². The summed E-state index contributed by atoms with van der Waals surface area (Å²) in [5.41, 5.74) is 2.58. The molecule has 0 aliphatic carbocycles. The first-order chi connectivity index (χ1) is 19.8. The Labute approximate surface area is 241 Å². The molecule has 0 bridgehead atoms. The number of nitrogens with one attached hydrogen (secondary N) is 2. The summed E-state index contributed by atoms with van der Waals surface area (Å²) in [6, 6.07) is 7.04. The molecule has 0 atom stereocenters. The van der Waals surface area contributed by atoms with Gasteiger partial charge < -0.3 is 20.2 Å². The smallest absolute Gasteiger partial charge is 0.337 e. The summed E-state index contributed by atoms with van der Waals surface area (Å²) in [6.07, 6.45) is 8.50. The van der Waals surface area contributed by atoms with Gasteiger partial charge in [0.2, 0.25) is 5.95 Å². The molecule has 2 fully saturated rings. The van der Waals surface area contributed by atoms with Gasteiger partial charge in [-0.05, 0) is 73.0 Å². The zero-order chi connectivity index (χ0) is 28.9. The Morgan fingerprint density at radius 1 is 1.17 bits per heavy atom. The summed E-state index contributed by atoms with van der Waals surface area (Å²) >= 11 is 0.863. The number of hydrogen-bond donors (Lipinski definition) is 3. The van der Waals surface area contributed by atoms with E-state index < -0.39 is 11.9 Å². The normalized spacial score (nSPS) is 16.7. The Kier molecular flexibility index (Phi) is 8.55. The SMILES string of the molecule is CN(C)c1ccc(-c2ncc(CNCC3CCN(c4nccc(C=C5SC(=O)NC5=O)n4)CC3)cc2C(=O)O)cn1. The molecule has 0 spiro atoms. The molecule has 3 N–H and O–H groups in total. The van der Waals surface area contributed by atoms with Crippen molar-refractivity contribution in [3.05, 3.63) is 64.6 Å². The van der Waals surface area contributed by atoms with E-state index in [1.807, 2.05) is 31.1 Å². The Hall–Kier alpha value is -4.36. The molecule has 41 heavy (non-hydrogen) atoms. The van der Waals surface area contributed by atoms with Crippen molar-refractivity contribution < 1.29 is 19.5 Å². The third-order valence-electron chi connectivity index (χ3n) is 6.90. The lowest BCUT2D eigenvalue weighted by Gasteiger charge is -2.32. The van der Waals surface area contributed by atoms with E-state index in [1.54, 1.807) is 36.8 Å². The fourth-order valence-electron chi connectivity index (χ4n) is 4.70.